The molecule has 1 rings (SSSR count). The topological polar surface area (TPSA) is 15.3 Å². The van der Waals surface area contributed by atoms with Crippen LogP contribution in [0.4, 0.5) is 0 Å². The highest BCUT2D eigenvalue weighted by molar-refractivity contribution is 7.99. The van der Waals surface area contributed by atoms with Crippen LogP contribution in [0.15, 0.2) is 0 Å². The van der Waals surface area contributed by atoms with Crippen LogP contribution in [0.25, 0.3) is 0 Å². The van der Waals surface area contributed by atoms with Crippen molar-refractivity contribution in [2.24, 2.45) is 0 Å². The van der Waals surface area contributed by atoms with E-state index in [0.29, 0.717) is 0 Å². The molecule has 0 radical (unpaired) electrons. The summed E-state index contributed by atoms with van der Waals surface area (Å²) in [6, 6.07) is 0. The minimum absolute atomic E-state index is 1.17. The molecule has 15 heavy (non-hydrogen) atoms. The predicted octanol–water partition coefficient (Wildman–Crippen LogP) is 1.77. The maximum Gasteiger partial charge on any atom is 0.0107 e. The third-order valence-electron chi connectivity index (χ3n) is 2.55. The van der Waals surface area contributed by atoms with E-state index in [4.69, 9.17) is 0 Å². The molecular weight excluding hydrogens is 224 g/mol. The van der Waals surface area contributed by atoms with Crippen LogP contribution >= 0.6 is 23.5 Å². The lowest BCUT2D eigenvalue weighted by molar-refractivity contribution is 0.301. The first kappa shape index (κ1) is 13.7. The highest BCUT2D eigenvalue weighted by Gasteiger charge is 2.08. The molecule has 0 unspecified atom stereocenters. The van der Waals surface area contributed by atoms with Gasteiger partial charge in [-0.2, -0.15) is 23.5 Å². The van der Waals surface area contributed by atoms with Crippen LogP contribution in [0.1, 0.15) is 13.3 Å². The third-order valence-corrected chi connectivity index (χ3v) is 4.48. The van der Waals surface area contributed by atoms with Gasteiger partial charge in [-0.15, -0.1) is 0 Å². The molecule has 1 heterocycles. The number of hydrogen-bond donors (Lipinski definition) is 1. The molecule has 0 aromatic rings. The molecular formula is C11H24N2S2. The molecule has 0 aliphatic carbocycles. The zero-order chi connectivity index (χ0) is 10.8. The summed E-state index contributed by atoms with van der Waals surface area (Å²) in [6.45, 7) is 8.40. The fourth-order valence-corrected chi connectivity index (χ4v) is 3.25. The van der Waals surface area contributed by atoms with E-state index in [1.54, 1.807) is 0 Å². The average Bonchev–Trinajstić information content (AvgIpc) is 2.29. The van der Waals surface area contributed by atoms with Gasteiger partial charge in [0.2, 0.25) is 0 Å². The highest BCUT2D eigenvalue weighted by atomic mass is 32.2. The highest BCUT2D eigenvalue weighted by Crippen LogP contribution is 2.07. The molecule has 1 saturated heterocycles. The molecule has 4 heteroatoms. The molecule has 90 valence electrons. The molecule has 0 aromatic carbocycles. The molecule has 1 aliphatic rings. The molecule has 0 atom stereocenters. The van der Waals surface area contributed by atoms with Crippen LogP contribution in [0.2, 0.25) is 0 Å². The van der Waals surface area contributed by atoms with Gasteiger partial charge in [0.15, 0.2) is 0 Å². The first-order chi connectivity index (χ1) is 7.43. The fraction of sp³-hybridized carbons (Fsp3) is 1.00. The number of rotatable bonds is 8. The van der Waals surface area contributed by atoms with Gasteiger partial charge >= 0.3 is 0 Å². The Morgan fingerprint density at radius 3 is 2.80 bits per heavy atom. The van der Waals surface area contributed by atoms with E-state index in [1.807, 2.05) is 11.8 Å². The molecule has 1 fully saturated rings. The summed E-state index contributed by atoms with van der Waals surface area (Å²) in [5.74, 6) is 5.22. The van der Waals surface area contributed by atoms with Crippen LogP contribution in [-0.2, 0) is 0 Å². The van der Waals surface area contributed by atoms with E-state index in [9.17, 15) is 0 Å². The van der Waals surface area contributed by atoms with Gasteiger partial charge in [-0.25, -0.2) is 0 Å². The Hall–Kier alpha value is 0.620. The maximum absolute atomic E-state index is 3.53. The third kappa shape index (κ3) is 7.50. The van der Waals surface area contributed by atoms with Gasteiger partial charge in [-0.05, 0) is 24.5 Å². The quantitative estimate of drug-likeness (QED) is 0.658. The van der Waals surface area contributed by atoms with Crippen molar-refractivity contribution in [3.63, 3.8) is 0 Å². The standard InChI is InChI=1S/C11H24N2S2/c1-2-14-9-3-4-12-5-6-13-7-10-15-11-8-13/h12H,2-11H2,1H3. The van der Waals surface area contributed by atoms with Crippen molar-refractivity contribution in [2.75, 3.05) is 55.7 Å². The van der Waals surface area contributed by atoms with E-state index in [-0.39, 0.29) is 0 Å². The van der Waals surface area contributed by atoms with Crippen molar-refractivity contribution in [3.8, 4) is 0 Å². The van der Waals surface area contributed by atoms with Crippen LogP contribution in [-0.4, -0.2) is 60.6 Å². The lowest BCUT2D eigenvalue weighted by Crippen LogP contribution is -2.38. The van der Waals surface area contributed by atoms with Gasteiger partial charge in [0.25, 0.3) is 0 Å². The summed E-state index contributed by atoms with van der Waals surface area (Å²) in [7, 11) is 0. The van der Waals surface area contributed by atoms with Gasteiger partial charge in [-0.3, -0.25) is 0 Å². The second kappa shape index (κ2) is 9.82. The Kier molecular flexibility index (Phi) is 8.96. The number of hydrogen-bond acceptors (Lipinski definition) is 4. The molecule has 0 spiro atoms. The van der Waals surface area contributed by atoms with Crippen LogP contribution in [0.5, 0.6) is 0 Å². The van der Waals surface area contributed by atoms with E-state index in [0.717, 1.165) is 0 Å². The molecule has 2 nitrogen and oxygen atoms in total. The number of nitrogens with one attached hydrogen (secondary N) is 1. The smallest absolute Gasteiger partial charge is 0.0107 e. The summed E-state index contributed by atoms with van der Waals surface area (Å²) in [5, 5.41) is 3.53. The number of thioether (sulfide) groups is 2. The van der Waals surface area contributed by atoms with E-state index >= 15 is 0 Å². The van der Waals surface area contributed by atoms with Crippen LogP contribution < -0.4 is 5.32 Å². The summed E-state index contributed by atoms with van der Waals surface area (Å²) >= 11 is 4.13. The predicted molar refractivity (Wildman–Crippen MR) is 74.3 cm³/mol. The molecule has 0 amide bonds. The minimum Gasteiger partial charge on any atom is -0.315 e. The first-order valence-electron chi connectivity index (χ1n) is 6.02. The number of nitrogens with zero attached hydrogens (tertiary/aromatic N) is 1. The summed E-state index contributed by atoms with van der Waals surface area (Å²) in [4.78, 5) is 2.57. The van der Waals surface area contributed by atoms with Crippen molar-refractivity contribution in [1.29, 1.82) is 0 Å². The fourth-order valence-electron chi connectivity index (χ4n) is 1.63. The Morgan fingerprint density at radius 2 is 2.07 bits per heavy atom. The largest absolute Gasteiger partial charge is 0.315 e. The van der Waals surface area contributed by atoms with Crippen LogP contribution in [0.3, 0.4) is 0 Å². The summed E-state index contributed by atoms with van der Waals surface area (Å²) < 4.78 is 0. The molecule has 1 aliphatic heterocycles. The van der Waals surface area contributed by atoms with E-state index in [1.165, 1.54) is 62.2 Å². The van der Waals surface area contributed by atoms with Crippen molar-refractivity contribution >= 4 is 23.5 Å². The average molecular weight is 248 g/mol. The first-order valence-corrected chi connectivity index (χ1v) is 8.33. The van der Waals surface area contributed by atoms with Crippen molar-refractivity contribution in [2.45, 2.75) is 13.3 Å². The van der Waals surface area contributed by atoms with Crippen LogP contribution in [0, 0.1) is 0 Å². The van der Waals surface area contributed by atoms with Crippen molar-refractivity contribution in [1.82, 2.24) is 10.2 Å². The zero-order valence-corrected chi connectivity index (χ0v) is 11.5. The van der Waals surface area contributed by atoms with E-state index in [2.05, 4.69) is 28.9 Å². The van der Waals surface area contributed by atoms with E-state index < -0.39 is 0 Å². The van der Waals surface area contributed by atoms with Gasteiger partial charge in [0, 0.05) is 37.7 Å². The second-order valence-corrected chi connectivity index (χ2v) is 6.37. The summed E-state index contributed by atoms with van der Waals surface area (Å²) in [5.41, 5.74) is 0. The van der Waals surface area contributed by atoms with Gasteiger partial charge in [0.1, 0.15) is 0 Å². The molecule has 0 saturated carbocycles. The van der Waals surface area contributed by atoms with Crippen molar-refractivity contribution < 1.29 is 0 Å². The SMILES string of the molecule is CCSCCCNCCN1CCSCC1. The molecule has 0 bridgehead atoms. The Labute approximate surface area is 103 Å². The molecule has 0 aromatic heterocycles. The summed E-state index contributed by atoms with van der Waals surface area (Å²) in [6.07, 6.45) is 1.31. The Morgan fingerprint density at radius 1 is 1.27 bits per heavy atom. The normalized spacial score (nSPS) is 18.2. The maximum atomic E-state index is 3.53. The lowest BCUT2D eigenvalue weighted by atomic mass is 10.4. The second-order valence-electron chi connectivity index (χ2n) is 3.75. The minimum atomic E-state index is 1.17. The van der Waals surface area contributed by atoms with Gasteiger partial charge in [0.05, 0.1) is 0 Å². The Balaban J connectivity index is 1.79. The van der Waals surface area contributed by atoms with Gasteiger partial charge in [-0.1, -0.05) is 6.92 Å². The molecule has 1 N–H and O–H groups in total. The van der Waals surface area contributed by atoms with Gasteiger partial charge < -0.3 is 10.2 Å². The Bertz CT molecular complexity index is 139. The monoisotopic (exact) mass is 248 g/mol. The van der Waals surface area contributed by atoms with Crippen molar-refractivity contribution in [3.05, 3.63) is 0 Å². The zero-order valence-electron chi connectivity index (χ0n) is 9.83. The lowest BCUT2D eigenvalue weighted by Gasteiger charge is -2.26.